The fourth-order valence-electron chi connectivity index (χ4n) is 2.74. The maximum absolute atomic E-state index is 12.3. The molecule has 0 saturated heterocycles. The minimum Gasteiger partial charge on any atom is -0.353 e. The van der Waals surface area contributed by atoms with Crippen molar-refractivity contribution >= 4 is 6.03 Å². The van der Waals surface area contributed by atoms with Gasteiger partial charge < -0.3 is 19.8 Å². The molecule has 6 heteroatoms. The predicted molar refractivity (Wildman–Crippen MR) is 97.1 cm³/mol. The zero-order chi connectivity index (χ0) is 17.5. The van der Waals surface area contributed by atoms with E-state index in [1.807, 2.05) is 77.2 Å². The van der Waals surface area contributed by atoms with E-state index in [0.717, 1.165) is 17.9 Å². The van der Waals surface area contributed by atoms with Crippen molar-refractivity contribution in [3.05, 3.63) is 78.6 Å². The van der Waals surface area contributed by atoms with Gasteiger partial charge in [-0.1, -0.05) is 30.3 Å². The second-order valence-corrected chi connectivity index (χ2v) is 5.94. The largest absolute Gasteiger partial charge is 0.353 e. The molecule has 0 spiro atoms. The number of aromatic nitrogens is 3. The van der Waals surface area contributed by atoms with Crippen LogP contribution in [-0.2, 0) is 20.0 Å². The number of nitrogens with zero attached hydrogens (tertiary/aromatic N) is 3. The summed E-state index contributed by atoms with van der Waals surface area (Å²) in [4.78, 5) is 16.7. The minimum absolute atomic E-state index is 0.131. The molecule has 0 bridgehead atoms. The molecular formula is C19H23N5O. The molecule has 2 amide bonds. The molecule has 6 nitrogen and oxygen atoms in total. The van der Waals surface area contributed by atoms with Crippen LogP contribution in [0.4, 0.5) is 4.79 Å². The molecule has 0 fully saturated rings. The first-order valence-electron chi connectivity index (χ1n) is 8.38. The zero-order valence-corrected chi connectivity index (χ0v) is 14.3. The maximum atomic E-state index is 12.3. The van der Waals surface area contributed by atoms with Crippen molar-refractivity contribution < 1.29 is 4.79 Å². The van der Waals surface area contributed by atoms with Crippen LogP contribution in [0.2, 0.25) is 0 Å². The highest BCUT2D eigenvalue weighted by Crippen LogP contribution is 2.17. The van der Waals surface area contributed by atoms with Gasteiger partial charge in [0.05, 0.1) is 6.04 Å². The van der Waals surface area contributed by atoms with Crippen LogP contribution in [0.25, 0.3) is 0 Å². The number of hydrogen-bond acceptors (Lipinski definition) is 2. The molecule has 0 aliphatic heterocycles. The number of urea groups is 1. The molecule has 2 N–H and O–H groups in total. The number of aryl methyl sites for hydroxylation is 1. The van der Waals surface area contributed by atoms with Crippen LogP contribution >= 0.6 is 0 Å². The van der Waals surface area contributed by atoms with Crippen molar-refractivity contribution in [3.63, 3.8) is 0 Å². The van der Waals surface area contributed by atoms with Gasteiger partial charge in [0.2, 0.25) is 0 Å². The molecular weight excluding hydrogens is 314 g/mol. The number of benzene rings is 1. The molecule has 0 aliphatic rings. The molecule has 1 aromatic carbocycles. The average Bonchev–Trinajstić information content (AvgIpc) is 3.27. The van der Waals surface area contributed by atoms with Crippen LogP contribution in [0.5, 0.6) is 0 Å². The summed E-state index contributed by atoms with van der Waals surface area (Å²) in [6.07, 6.45) is 8.28. The predicted octanol–water partition coefficient (Wildman–Crippen LogP) is 2.50. The second-order valence-electron chi connectivity index (χ2n) is 5.94. The average molecular weight is 337 g/mol. The molecule has 1 atom stereocenters. The fraction of sp³-hybridized carbons (Fsp3) is 0.263. The van der Waals surface area contributed by atoms with Gasteiger partial charge >= 0.3 is 6.03 Å². The van der Waals surface area contributed by atoms with E-state index in [4.69, 9.17) is 0 Å². The summed E-state index contributed by atoms with van der Waals surface area (Å²) in [6.45, 7) is 1.32. The summed E-state index contributed by atoms with van der Waals surface area (Å²) in [6, 6.07) is 13.6. The van der Waals surface area contributed by atoms with Gasteiger partial charge in [-0.15, -0.1) is 0 Å². The van der Waals surface area contributed by atoms with E-state index < -0.39 is 0 Å². The summed E-state index contributed by atoms with van der Waals surface area (Å²) in [5, 5.41) is 5.98. The van der Waals surface area contributed by atoms with Gasteiger partial charge in [-0.2, -0.15) is 0 Å². The highest BCUT2D eigenvalue weighted by Gasteiger charge is 2.17. The zero-order valence-electron chi connectivity index (χ0n) is 14.3. The van der Waals surface area contributed by atoms with Crippen LogP contribution in [0.15, 0.2) is 67.3 Å². The van der Waals surface area contributed by atoms with Crippen LogP contribution in [0.1, 0.15) is 17.4 Å². The van der Waals surface area contributed by atoms with Gasteiger partial charge in [0, 0.05) is 51.3 Å². The lowest BCUT2D eigenvalue weighted by Crippen LogP contribution is -2.40. The maximum Gasteiger partial charge on any atom is 0.315 e. The Morgan fingerprint density at radius 2 is 1.88 bits per heavy atom. The Bertz CT molecular complexity index is 779. The Morgan fingerprint density at radius 1 is 1.12 bits per heavy atom. The fourth-order valence-corrected chi connectivity index (χ4v) is 2.74. The number of carbonyl (C=O) groups excluding carboxylic acids is 1. The number of carbonyl (C=O) groups is 1. The lowest BCUT2D eigenvalue weighted by molar-refractivity contribution is 0.236. The van der Waals surface area contributed by atoms with Crippen molar-refractivity contribution in [2.45, 2.75) is 19.0 Å². The molecule has 2 heterocycles. The Balaban J connectivity index is 1.60. The van der Waals surface area contributed by atoms with E-state index in [-0.39, 0.29) is 12.1 Å². The van der Waals surface area contributed by atoms with Crippen molar-refractivity contribution in [2.75, 3.05) is 6.54 Å². The van der Waals surface area contributed by atoms with Crippen molar-refractivity contribution in [2.24, 2.45) is 7.05 Å². The Morgan fingerprint density at radius 3 is 2.56 bits per heavy atom. The number of hydrogen-bond donors (Lipinski definition) is 2. The van der Waals surface area contributed by atoms with Crippen molar-refractivity contribution in [3.8, 4) is 0 Å². The summed E-state index contributed by atoms with van der Waals surface area (Å²) >= 11 is 0. The number of amides is 2. The van der Waals surface area contributed by atoms with Gasteiger partial charge in [0.25, 0.3) is 0 Å². The van der Waals surface area contributed by atoms with Gasteiger partial charge in [-0.05, 0) is 17.7 Å². The molecule has 2 aromatic heterocycles. The van der Waals surface area contributed by atoms with Gasteiger partial charge in [-0.3, -0.25) is 0 Å². The first-order chi connectivity index (χ1) is 12.2. The number of rotatable bonds is 7. The minimum atomic E-state index is -0.171. The summed E-state index contributed by atoms with van der Waals surface area (Å²) in [7, 11) is 1.96. The van der Waals surface area contributed by atoms with Crippen molar-refractivity contribution in [1.82, 2.24) is 24.8 Å². The summed E-state index contributed by atoms with van der Waals surface area (Å²) in [5.74, 6) is 0.932. The van der Waals surface area contributed by atoms with Crippen molar-refractivity contribution in [1.29, 1.82) is 0 Å². The Hall–Kier alpha value is -3.02. The smallest absolute Gasteiger partial charge is 0.315 e. The van der Waals surface area contributed by atoms with Gasteiger partial charge in [-0.25, -0.2) is 9.78 Å². The van der Waals surface area contributed by atoms with E-state index in [9.17, 15) is 4.79 Å². The molecule has 1 unspecified atom stereocenters. The first kappa shape index (κ1) is 16.8. The van der Waals surface area contributed by atoms with Crippen LogP contribution < -0.4 is 10.6 Å². The lowest BCUT2D eigenvalue weighted by atomic mass is 10.0. The monoisotopic (exact) mass is 337 g/mol. The third-order valence-electron chi connectivity index (χ3n) is 4.14. The first-order valence-corrected chi connectivity index (χ1v) is 8.38. The molecule has 25 heavy (non-hydrogen) atoms. The van der Waals surface area contributed by atoms with E-state index in [2.05, 4.69) is 15.6 Å². The molecule has 3 rings (SSSR count). The molecule has 0 radical (unpaired) electrons. The van der Waals surface area contributed by atoms with Crippen LogP contribution in [-0.4, -0.2) is 26.7 Å². The SMILES string of the molecule is Cn1ccnc1CC(NC(=O)NCCn1cccc1)c1ccccc1. The normalized spacial score (nSPS) is 11.9. The number of imidazole rings is 1. The summed E-state index contributed by atoms with van der Waals surface area (Å²) in [5.41, 5.74) is 1.06. The third kappa shape index (κ3) is 4.73. The van der Waals surface area contributed by atoms with Gasteiger partial charge in [0.1, 0.15) is 5.82 Å². The van der Waals surface area contributed by atoms with E-state index in [1.54, 1.807) is 6.20 Å². The molecule has 130 valence electrons. The van der Waals surface area contributed by atoms with E-state index in [0.29, 0.717) is 13.0 Å². The van der Waals surface area contributed by atoms with E-state index in [1.165, 1.54) is 0 Å². The van der Waals surface area contributed by atoms with Crippen LogP contribution in [0, 0.1) is 0 Å². The Labute approximate surface area is 147 Å². The molecule has 3 aromatic rings. The highest BCUT2D eigenvalue weighted by atomic mass is 16.2. The quantitative estimate of drug-likeness (QED) is 0.696. The van der Waals surface area contributed by atoms with Crippen LogP contribution in [0.3, 0.4) is 0 Å². The standard InChI is InChI=1S/C19H23N5O/c1-23-13-9-20-18(23)15-17(16-7-3-2-4-8-16)22-19(25)21-10-14-24-11-5-6-12-24/h2-9,11-13,17H,10,14-15H2,1H3,(H2,21,22,25). The highest BCUT2D eigenvalue weighted by molar-refractivity contribution is 5.74. The molecule has 0 saturated carbocycles. The third-order valence-corrected chi connectivity index (χ3v) is 4.14. The lowest BCUT2D eigenvalue weighted by Gasteiger charge is -2.19. The van der Waals surface area contributed by atoms with E-state index >= 15 is 0 Å². The second kappa shape index (κ2) is 8.19. The topological polar surface area (TPSA) is 63.9 Å². The van der Waals surface area contributed by atoms with Gasteiger partial charge in [0.15, 0.2) is 0 Å². The molecule has 0 aliphatic carbocycles. The summed E-state index contributed by atoms with van der Waals surface area (Å²) < 4.78 is 4.00. The number of nitrogens with one attached hydrogen (secondary N) is 2. The Kier molecular flexibility index (Phi) is 5.51.